The number of aromatic nitrogens is 1. The number of aliphatic hydroxyl groups is 1. The maximum atomic E-state index is 13.3. The molecule has 47 heavy (non-hydrogen) atoms. The molecule has 11 nitrogen and oxygen atoms in total. The van der Waals surface area contributed by atoms with Gasteiger partial charge in [0.1, 0.15) is 11.8 Å². The van der Waals surface area contributed by atoms with E-state index < -0.39 is 47.8 Å². The summed E-state index contributed by atoms with van der Waals surface area (Å²) >= 11 is 0. The molecule has 0 aliphatic carbocycles. The largest absolute Gasteiger partial charge is 0.481 e. The van der Waals surface area contributed by atoms with Crippen LogP contribution < -0.4 is 5.32 Å². The van der Waals surface area contributed by atoms with E-state index in [1.165, 1.54) is 12.5 Å². The second kappa shape index (κ2) is 20.7. The number of ketones is 1. The summed E-state index contributed by atoms with van der Waals surface area (Å²) in [5.41, 5.74) is -0.728. The van der Waals surface area contributed by atoms with E-state index in [-0.39, 0.29) is 12.2 Å². The summed E-state index contributed by atoms with van der Waals surface area (Å²) < 4.78 is 0. The van der Waals surface area contributed by atoms with Gasteiger partial charge in [-0.2, -0.15) is 0 Å². The Balaban J connectivity index is 2.01. The molecule has 256 valence electrons. The summed E-state index contributed by atoms with van der Waals surface area (Å²) in [5, 5.41) is 42.1. The van der Waals surface area contributed by atoms with Crippen molar-refractivity contribution in [3.63, 3.8) is 0 Å². The first-order valence-corrected chi connectivity index (χ1v) is 16.4. The zero-order valence-electron chi connectivity index (χ0n) is 27.1. The summed E-state index contributed by atoms with van der Waals surface area (Å²) in [7, 11) is 0. The molecule has 0 saturated carbocycles. The van der Waals surface area contributed by atoms with Crippen molar-refractivity contribution in [1.29, 1.82) is 0 Å². The zero-order chi connectivity index (χ0) is 34.7. The fraction of sp³-hybridized carbons (Fsp3) is 0.500. The second-order valence-corrected chi connectivity index (χ2v) is 11.9. The standard InChI is InChI=1S/C36H48N2O9/c1-2-3-4-7-10-15-29(39)16-11-8-5-6-9-12-17-30(36(47,35(45)46)24-32(40)41)33(42)38-31(34(43)44)23-26-18-20-27(21-19-26)28-14-13-22-37-25-28/h12-14,17-22,25,30-31,47H,2-11,15-16,23-24H2,1H3,(H,38,42)(H,40,41)(H,43,44)(H,45,46)/b17-12+/t30-,31+,36+/m1/s1. The summed E-state index contributed by atoms with van der Waals surface area (Å²) in [4.78, 5) is 65.1. The van der Waals surface area contributed by atoms with Crippen LogP contribution in [0.15, 0.2) is 60.9 Å². The van der Waals surface area contributed by atoms with Crippen LogP contribution in [0.5, 0.6) is 0 Å². The van der Waals surface area contributed by atoms with E-state index in [4.69, 9.17) is 0 Å². The lowest BCUT2D eigenvalue weighted by atomic mass is 9.82. The molecule has 0 saturated heterocycles. The Labute approximate surface area is 276 Å². The first-order valence-electron chi connectivity index (χ1n) is 16.4. The first-order chi connectivity index (χ1) is 22.5. The summed E-state index contributed by atoms with van der Waals surface area (Å²) in [6, 6.07) is 9.13. The van der Waals surface area contributed by atoms with Gasteiger partial charge in [-0.15, -0.1) is 0 Å². The molecule has 1 heterocycles. The lowest BCUT2D eigenvalue weighted by Gasteiger charge is -2.29. The molecule has 0 spiro atoms. The van der Waals surface area contributed by atoms with E-state index in [1.54, 1.807) is 42.7 Å². The van der Waals surface area contributed by atoms with Gasteiger partial charge in [0.15, 0.2) is 5.60 Å². The van der Waals surface area contributed by atoms with Crippen molar-refractivity contribution >= 4 is 29.6 Å². The van der Waals surface area contributed by atoms with E-state index in [2.05, 4.69) is 17.2 Å². The van der Waals surface area contributed by atoms with Crippen LogP contribution in [0.2, 0.25) is 0 Å². The summed E-state index contributed by atoms with van der Waals surface area (Å²) in [6.07, 6.45) is 14.6. The van der Waals surface area contributed by atoms with Crippen molar-refractivity contribution in [3.05, 3.63) is 66.5 Å². The molecule has 0 fully saturated rings. The number of hydrogen-bond donors (Lipinski definition) is 5. The number of aliphatic carboxylic acids is 3. The Morgan fingerprint density at radius 3 is 2.04 bits per heavy atom. The van der Waals surface area contributed by atoms with Crippen LogP contribution in [0.25, 0.3) is 11.1 Å². The number of rotatable bonds is 24. The van der Waals surface area contributed by atoms with Crippen molar-refractivity contribution in [2.75, 3.05) is 0 Å². The SMILES string of the molecule is CCCCCCCC(=O)CCCCCC/C=C/[C@H](C(=O)N[C@@H](Cc1ccc(-c2cccnc2)cc1)C(=O)O)[C@@](O)(CC(=O)O)C(=O)O. The Morgan fingerprint density at radius 1 is 0.851 bits per heavy atom. The normalized spacial score (nSPS) is 13.8. The topological polar surface area (TPSA) is 191 Å². The number of pyridine rings is 1. The predicted molar refractivity (Wildman–Crippen MR) is 176 cm³/mol. The van der Waals surface area contributed by atoms with Gasteiger partial charge in [-0.3, -0.25) is 19.4 Å². The van der Waals surface area contributed by atoms with E-state index >= 15 is 0 Å². The molecule has 2 rings (SSSR count). The predicted octanol–water partition coefficient (Wildman–Crippen LogP) is 5.59. The Hall–Kier alpha value is -4.38. The van der Waals surface area contributed by atoms with Crippen LogP contribution in [0, 0.1) is 5.92 Å². The number of carbonyl (C=O) groups is 5. The number of hydrogen-bond acceptors (Lipinski definition) is 7. The minimum atomic E-state index is -3.02. The van der Waals surface area contributed by atoms with Crippen LogP contribution >= 0.6 is 0 Å². The van der Waals surface area contributed by atoms with Gasteiger partial charge < -0.3 is 25.7 Å². The lowest BCUT2D eigenvalue weighted by molar-refractivity contribution is -0.172. The third-order valence-electron chi connectivity index (χ3n) is 8.06. The first kappa shape index (κ1) is 38.8. The maximum absolute atomic E-state index is 13.3. The Kier molecular flexibility index (Phi) is 17.1. The lowest BCUT2D eigenvalue weighted by Crippen LogP contribution is -2.55. The number of Topliss-reactive ketones (excluding diaryl/α,β-unsaturated/α-hetero) is 1. The molecule has 0 aliphatic rings. The van der Waals surface area contributed by atoms with Crippen molar-refractivity contribution in [1.82, 2.24) is 10.3 Å². The number of benzene rings is 1. The fourth-order valence-electron chi connectivity index (χ4n) is 5.30. The minimum Gasteiger partial charge on any atom is -0.481 e. The van der Waals surface area contributed by atoms with Gasteiger partial charge in [0.05, 0.1) is 12.3 Å². The zero-order valence-corrected chi connectivity index (χ0v) is 27.1. The van der Waals surface area contributed by atoms with E-state index in [1.807, 2.05) is 6.07 Å². The molecule has 5 N–H and O–H groups in total. The van der Waals surface area contributed by atoms with E-state index in [0.29, 0.717) is 31.2 Å². The van der Waals surface area contributed by atoms with Crippen LogP contribution in [-0.4, -0.2) is 66.7 Å². The minimum absolute atomic E-state index is 0.142. The monoisotopic (exact) mass is 652 g/mol. The van der Waals surface area contributed by atoms with Gasteiger partial charge in [-0.05, 0) is 48.4 Å². The number of nitrogens with one attached hydrogen (secondary N) is 1. The molecule has 1 aromatic carbocycles. The van der Waals surface area contributed by atoms with Gasteiger partial charge >= 0.3 is 17.9 Å². The number of carboxylic acid groups (broad SMARTS) is 3. The average Bonchev–Trinajstić information content (AvgIpc) is 3.03. The molecule has 0 unspecified atom stereocenters. The Morgan fingerprint density at radius 2 is 1.49 bits per heavy atom. The fourth-order valence-corrected chi connectivity index (χ4v) is 5.30. The van der Waals surface area contributed by atoms with Crippen LogP contribution in [0.1, 0.15) is 96.0 Å². The van der Waals surface area contributed by atoms with Crippen LogP contribution in [0.4, 0.5) is 0 Å². The summed E-state index contributed by atoms with van der Waals surface area (Å²) in [6.45, 7) is 2.15. The number of nitrogens with zero attached hydrogens (tertiary/aromatic N) is 1. The third kappa shape index (κ3) is 13.9. The molecule has 2 aromatic rings. The molecule has 1 amide bonds. The number of unbranched alkanes of at least 4 members (excludes halogenated alkanes) is 8. The average molecular weight is 653 g/mol. The highest BCUT2D eigenvalue weighted by molar-refractivity contribution is 5.94. The van der Waals surface area contributed by atoms with Crippen molar-refractivity contribution in [2.24, 2.45) is 5.92 Å². The quantitative estimate of drug-likeness (QED) is 0.0705. The molecule has 0 bridgehead atoms. The molecule has 3 atom stereocenters. The van der Waals surface area contributed by atoms with Crippen molar-refractivity contribution in [2.45, 2.75) is 108 Å². The number of amides is 1. The molecular weight excluding hydrogens is 604 g/mol. The van der Waals surface area contributed by atoms with Crippen molar-refractivity contribution < 1.29 is 44.4 Å². The maximum Gasteiger partial charge on any atom is 0.337 e. The number of carbonyl (C=O) groups excluding carboxylic acids is 2. The third-order valence-corrected chi connectivity index (χ3v) is 8.06. The number of carboxylic acids is 3. The highest BCUT2D eigenvalue weighted by atomic mass is 16.4. The molecule has 0 radical (unpaired) electrons. The van der Waals surface area contributed by atoms with Crippen molar-refractivity contribution in [3.8, 4) is 11.1 Å². The highest BCUT2D eigenvalue weighted by Gasteiger charge is 2.49. The molecular formula is C36H48N2O9. The smallest absolute Gasteiger partial charge is 0.337 e. The van der Waals surface area contributed by atoms with Crippen LogP contribution in [0.3, 0.4) is 0 Å². The van der Waals surface area contributed by atoms with E-state index in [9.17, 15) is 44.4 Å². The highest BCUT2D eigenvalue weighted by Crippen LogP contribution is 2.26. The Bertz CT molecular complexity index is 1330. The van der Waals surface area contributed by atoms with Gasteiger partial charge in [-0.25, -0.2) is 9.59 Å². The van der Waals surface area contributed by atoms with Gasteiger partial charge in [0, 0.05) is 31.7 Å². The second-order valence-electron chi connectivity index (χ2n) is 11.9. The molecule has 11 heteroatoms. The van der Waals surface area contributed by atoms with Gasteiger partial charge in [0.2, 0.25) is 5.91 Å². The number of allylic oxidation sites excluding steroid dienone is 1. The molecule has 0 aliphatic heterocycles. The van der Waals surface area contributed by atoms with Crippen LogP contribution in [-0.2, 0) is 30.4 Å². The van der Waals surface area contributed by atoms with E-state index in [0.717, 1.165) is 62.1 Å². The molecule has 1 aromatic heterocycles. The summed E-state index contributed by atoms with van der Waals surface area (Å²) in [5.74, 6) is -7.67. The van der Waals surface area contributed by atoms with Gasteiger partial charge in [-0.1, -0.05) is 87.9 Å². The van der Waals surface area contributed by atoms with Gasteiger partial charge in [0.25, 0.3) is 0 Å².